The van der Waals surface area contributed by atoms with Gasteiger partial charge < -0.3 is 4.74 Å². The van der Waals surface area contributed by atoms with Crippen LogP contribution in [0.15, 0.2) is 10.1 Å². The molecule has 17 heavy (non-hydrogen) atoms. The van der Waals surface area contributed by atoms with E-state index in [1.165, 1.54) is 32.1 Å². The van der Waals surface area contributed by atoms with Gasteiger partial charge in [-0.1, -0.05) is 19.3 Å². The Kier molecular flexibility index (Phi) is 5.02. The predicted octanol–water partition coefficient (Wildman–Crippen LogP) is 2.38. The molecule has 1 saturated heterocycles. The highest BCUT2D eigenvalue weighted by molar-refractivity contribution is 5.41. The first-order valence-electron chi connectivity index (χ1n) is 6.84. The Balaban J connectivity index is 1.79. The van der Waals surface area contributed by atoms with E-state index in [2.05, 4.69) is 23.0 Å². The summed E-state index contributed by atoms with van der Waals surface area (Å²) in [6.07, 6.45) is 6.78. The smallest absolute Gasteiger partial charge is 0.115 e. The first-order chi connectivity index (χ1) is 8.36. The van der Waals surface area contributed by atoms with Crippen molar-refractivity contribution in [2.24, 2.45) is 16.0 Å². The molecule has 1 heterocycles. The zero-order valence-corrected chi connectivity index (χ0v) is 10.8. The summed E-state index contributed by atoms with van der Waals surface area (Å²) in [5.74, 6) is 0.746. The van der Waals surface area contributed by atoms with Crippen LogP contribution >= 0.6 is 0 Å². The third kappa shape index (κ3) is 4.14. The van der Waals surface area contributed by atoms with Gasteiger partial charge in [-0.2, -0.15) is 0 Å². The highest BCUT2D eigenvalue weighted by Crippen LogP contribution is 2.27. The second-order valence-corrected chi connectivity index (χ2v) is 5.03. The zero-order chi connectivity index (χ0) is 11.9. The largest absolute Gasteiger partial charge is 0.378 e. The van der Waals surface area contributed by atoms with Crippen LogP contribution in [-0.4, -0.2) is 43.4 Å². The normalized spacial score (nSPS) is 23.9. The van der Waals surface area contributed by atoms with Gasteiger partial charge in [0.25, 0.3) is 0 Å². The average Bonchev–Trinajstić information content (AvgIpc) is 2.41. The highest BCUT2D eigenvalue weighted by Gasteiger charge is 2.18. The molecule has 2 rings (SSSR count). The van der Waals surface area contributed by atoms with Gasteiger partial charge in [0.15, 0.2) is 0 Å². The van der Waals surface area contributed by atoms with Crippen LogP contribution < -0.4 is 0 Å². The van der Waals surface area contributed by atoms with Gasteiger partial charge in [-0.25, -0.2) is 4.99 Å². The number of morpholine rings is 1. The molecular weight excluding hydrogens is 214 g/mol. The molecule has 0 aromatic carbocycles. The molecule has 1 unspecified atom stereocenters. The molecule has 0 spiro atoms. The van der Waals surface area contributed by atoms with Crippen molar-refractivity contribution >= 4 is 6.01 Å². The molecule has 0 N–H and O–H groups in total. The lowest BCUT2D eigenvalue weighted by Gasteiger charge is -2.24. The van der Waals surface area contributed by atoms with Gasteiger partial charge in [-0.05, 0) is 25.7 Å². The van der Waals surface area contributed by atoms with Crippen molar-refractivity contribution < 1.29 is 4.74 Å². The fourth-order valence-corrected chi connectivity index (χ4v) is 2.56. The third-order valence-electron chi connectivity index (χ3n) is 3.77. The van der Waals surface area contributed by atoms with Crippen molar-refractivity contribution in [1.29, 1.82) is 0 Å². The minimum absolute atomic E-state index is 0.375. The molecular formula is C13H23N3O. The summed E-state index contributed by atoms with van der Waals surface area (Å²) >= 11 is 0. The Morgan fingerprint density at radius 3 is 2.59 bits per heavy atom. The fourth-order valence-electron chi connectivity index (χ4n) is 2.56. The van der Waals surface area contributed by atoms with Crippen molar-refractivity contribution in [2.45, 2.75) is 45.1 Å². The van der Waals surface area contributed by atoms with Crippen LogP contribution in [0.5, 0.6) is 0 Å². The van der Waals surface area contributed by atoms with Crippen LogP contribution in [0.2, 0.25) is 0 Å². The van der Waals surface area contributed by atoms with Gasteiger partial charge in [0.05, 0.1) is 32.3 Å². The molecule has 4 heteroatoms. The van der Waals surface area contributed by atoms with E-state index in [1.807, 2.05) is 5.01 Å². The van der Waals surface area contributed by atoms with Gasteiger partial charge in [0, 0.05) is 0 Å². The number of nitrogens with zero attached hydrogens (tertiary/aromatic N) is 3. The summed E-state index contributed by atoms with van der Waals surface area (Å²) in [5, 5.41) is 6.24. The lowest BCUT2D eigenvalue weighted by molar-refractivity contribution is 0.0397. The minimum atomic E-state index is 0.375. The van der Waals surface area contributed by atoms with E-state index in [-0.39, 0.29) is 0 Å². The molecule has 0 bridgehead atoms. The van der Waals surface area contributed by atoms with E-state index in [0.29, 0.717) is 6.04 Å². The molecule has 0 aromatic heterocycles. The average molecular weight is 237 g/mol. The molecule has 0 radical (unpaired) electrons. The Morgan fingerprint density at radius 2 is 1.88 bits per heavy atom. The van der Waals surface area contributed by atoms with E-state index >= 15 is 0 Å². The molecule has 96 valence electrons. The predicted molar refractivity (Wildman–Crippen MR) is 68.3 cm³/mol. The molecule has 1 atom stereocenters. The summed E-state index contributed by atoms with van der Waals surface area (Å²) < 4.78 is 5.26. The molecule has 2 aliphatic rings. The van der Waals surface area contributed by atoms with E-state index in [9.17, 15) is 0 Å². The van der Waals surface area contributed by atoms with Crippen LogP contribution in [-0.2, 0) is 4.74 Å². The number of hydrazone groups is 1. The lowest BCUT2D eigenvalue weighted by Crippen LogP contribution is -2.32. The number of rotatable bonds is 3. The van der Waals surface area contributed by atoms with E-state index in [0.717, 1.165) is 32.2 Å². The summed E-state index contributed by atoms with van der Waals surface area (Å²) in [4.78, 5) is 4.44. The van der Waals surface area contributed by atoms with Crippen molar-refractivity contribution in [3.05, 3.63) is 0 Å². The number of aliphatic imine (C=N–C) groups is 1. The Morgan fingerprint density at radius 1 is 1.18 bits per heavy atom. The fraction of sp³-hybridized carbons (Fsp3) is 0.923. The number of hydrogen-bond donors (Lipinski definition) is 0. The quantitative estimate of drug-likeness (QED) is 0.707. The van der Waals surface area contributed by atoms with Gasteiger partial charge in [0.1, 0.15) is 6.01 Å². The lowest BCUT2D eigenvalue weighted by atomic mass is 9.85. The summed E-state index contributed by atoms with van der Waals surface area (Å²) in [5.41, 5.74) is 0. The zero-order valence-electron chi connectivity index (χ0n) is 10.8. The highest BCUT2D eigenvalue weighted by atomic mass is 16.5. The first-order valence-corrected chi connectivity index (χ1v) is 6.84. The maximum atomic E-state index is 5.26. The topological polar surface area (TPSA) is 37.2 Å². The first kappa shape index (κ1) is 12.6. The van der Waals surface area contributed by atoms with Crippen LogP contribution in [0.25, 0.3) is 0 Å². The molecule has 4 nitrogen and oxygen atoms in total. The van der Waals surface area contributed by atoms with Crippen LogP contribution in [0.3, 0.4) is 0 Å². The van der Waals surface area contributed by atoms with Crippen LogP contribution in [0, 0.1) is 5.92 Å². The van der Waals surface area contributed by atoms with E-state index in [1.54, 1.807) is 0 Å². The standard InChI is InChI=1S/C13H23N3O/c1-12(13-5-3-2-4-6-13)14-11-15-16-7-9-17-10-8-16/h12-13H,2-10H2,1H3. The van der Waals surface area contributed by atoms with Crippen LogP contribution in [0.1, 0.15) is 39.0 Å². The Hall–Kier alpha value is -0.860. The molecule has 0 aromatic rings. The van der Waals surface area contributed by atoms with E-state index in [4.69, 9.17) is 4.74 Å². The summed E-state index contributed by atoms with van der Waals surface area (Å²) in [7, 11) is 0. The maximum Gasteiger partial charge on any atom is 0.115 e. The Labute approximate surface area is 104 Å². The van der Waals surface area contributed by atoms with Gasteiger partial charge in [-0.15, -0.1) is 5.10 Å². The van der Waals surface area contributed by atoms with E-state index < -0.39 is 0 Å². The third-order valence-corrected chi connectivity index (χ3v) is 3.77. The molecule has 1 saturated carbocycles. The monoisotopic (exact) mass is 237 g/mol. The van der Waals surface area contributed by atoms with Crippen LogP contribution in [0.4, 0.5) is 0 Å². The van der Waals surface area contributed by atoms with Crippen molar-refractivity contribution in [3.8, 4) is 0 Å². The van der Waals surface area contributed by atoms with Crippen molar-refractivity contribution in [2.75, 3.05) is 26.3 Å². The van der Waals surface area contributed by atoms with Crippen molar-refractivity contribution in [1.82, 2.24) is 5.01 Å². The van der Waals surface area contributed by atoms with Gasteiger partial charge >= 0.3 is 0 Å². The van der Waals surface area contributed by atoms with Crippen molar-refractivity contribution in [3.63, 3.8) is 0 Å². The SMILES string of the molecule is CC(N=C=NN1CCOCC1)C1CCCCC1. The molecule has 2 fully saturated rings. The molecule has 1 aliphatic carbocycles. The number of hydrogen-bond acceptors (Lipinski definition) is 4. The summed E-state index contributed by atoms with van der Waals surface area (Å²) in [6.45, 7) is 5.45. The number of ether oxygens (including phenoxy) is 1. The minimum Gasteiger partial charge on any atom is -0.378 e. The van der Waals surface area contributed by atoms with Gasteiger partial charge in [0.2, 0.25) is 0 Å². The molecule has 1 aliphatic heterocycles. The maximum absolute atomic E-state index is 5.26. The molecule has 0 amide bonds. The summed E-state index contributed by atoms with van der Waals surface area (Å²) in [6, 6.07) is 3.25. The van der Waals surface area contributed by atoms with Gasteiger partial charge in [-0.3, -0.25) is 5.01 Å². The Bertz CT molecular complexity index is 274. The second-order valence-electron chi connectivity index (χ2n) is 5.03. The second kappa shape index (κ2) is 6.77.